The molecule has 0 N–H and O–H groups in total. The van der Waals surface area contributed by atoms with Crippen molar-refractivity contribution in [2.24, 2.45) is 0 Å². The molecule has 0 atom stereocenters. The minimum Gasteiger partial charge on any atom is -0.218 e. The number of hydrogen-bond donors (Lipinski definition) is 0. The van der Waals surface area contributed by atoms with Crippen LogP contribution < -0.4 is 0 Å². The van der Waals surface area contributed by atoms with Gasteiger partial charge in [0.2, 0.25) is 5.13 Å². The van der Waals surface area contributed by atoms with Crippen LogP contribution >= 0.6 is 22.9 Å². The predicted octanol–water partition coefficient (Wildman–Crippen LogP) is 6.34. The normalized spacial score (nSPS) is 11.7. The smallest absolute Gasteiger partial charge is 0.218 e. The van der Waals surface area contributed by atoms with E-state index in [4.69, 9.17) is 11.6 Å². The molecular weight excluding hydrogens is 395 g/mol. The maximum Gasteiger partial charge on any atom is 0.433 e. The van der Waals surface area contributed by atoms with E-state index in [9.17, 15) is 13.2 Å². The van der Waals surface area contributed by atoms with Gasteiger partial charge in [0.05, 0.1) is 11.4 Å². The van der Waals surface area contributed by atoms with Crippen LogP contribution in [0.25, 0.3) is 27.6 Å². The summed E-state index contributed by atoms with van der Waals surface area (Å²) in [5.74, 6) is 0. The lowest BCUT2D eigenvalue weighted by Crippen LogP contribution is -2.13. The number of nitrogens with zero attached hydrogens (tertiary/aromatic N) is 3. The van der Waals surface area contributed by atoms with E-state index < -0.39 is 11.9 Å². The Morgan fingerprint density at radius 3 is 2.22 bits per heavy atom. The van der Waals surface area contributed by atoms with Gasteiger partial charge in [0.1, 0.15) is 0 Å². The molecule has 0 amide bonds. The van der Waals surface area contributed by atoms with Crippen molar-refractivity contribution >= 4 is 22.9 Å². The highest BCUT2D eigenvalue weighted by atomic mass is 35.5. The van der Waals surface area contributed by atoms with Gasteiger partial charge in [-0.25, -0.2) is 9.67 Å². The average Bonchev–Trinajstić information content (AvgIpc) is 3.30. The molecule has 0 saturated heterocycles. The zero-order chi connectivity index (χ0) is 19.0. The molecule has 27 heavy (non-hydrogen) atoms. The van der Waals surface area contributed by atoms with Gasteiger partial charge in [0.25, 0.3) is 0 Å². The van der Waals surface area contributed by atoms with Gasteiger partial charge in [0, 0.05) is 21.5 Å². The summed E-state index contributed by atoms with van der Waals surface area (Å²) in [7, 11) is 0. The monoisotopic (exact) mass is 405 g/mol. The third-order valence-corrected chi connectivity index (χ3v) is 4.95. The van der Waals surface area contributed by atoms with Crippen LogP contribution in [-0.4, -0.2) is 14.8 Å². The number of rotatable bonds is 3. The SMILES string of the molecule is FC(F)(F)c1cc(-c2ccccc2)nn1-c1nc(-c2ccc(Cl)cc2)cs1. The Balaban J connectivity index is 1.79. The number of halogens is 4. The summed E-state index contributed by atoms with van der Waals surface area (Å²) in [5.41, 5.74) is 1.32. The van der Waals surface area contributed by atoms with Gasteiger partial charge >= 0.3 is 6.18 Å². The summed E-state index contributed by atoms with van der Waals surface area (Å²) in [6, 6.07) is 16.7. The molecule has 4 aromatic rings. The largest absolute Gasteiger partial charge is 0.433 e. The zero-order valence-corrected chi connectivity index (χ0v) is 15.2. The lowest BCUT2D eigenvalue weighted by molar-refractivity contribution is -0.142. The molecule has 0 unspecified atom stereocenters. The van der Waals surface area contributed by atoms with Crippen LogP contribution in [0.4, 0.5) is 13.2 Å². The first-order valence-corrected chi connectivity index (χ1v) is 9.12. The molecule has 2 aromatic carbocycles. The number of alkyl halides is 3. The van der Waals surface area contributed by atoms with Crippen molar-refractivity contribution in [2.75, 3.05) is 0 Å². The third kappa shape index (κ3) is 3.61. The highest BCUT2D eigenvalue weighted by molar-refractivity contribution is 7.12. The van der Waals surface area contributed by atoms with Crippen molar-refractivity contribution < 1.29 is 13.2 Å². The van der Waals surface area contributed by atoms with E-state index in [0.29, 0.717) is 16.3 Å². The zero-order valence-electron chi connectivity index (χ0n) is 13.6. The Hall–Kier alpha value is -2.64. The Morgan fingerprint density at radius 1 is 0.889 bits per heavy atom. The lowest BCUT2D eigenvalue weighted by atomic mass is 10.1. The van der Waals surface area contributed by atoms with Gasteiger partial charge in [-0.3, -0.25) is 0 Å². The Kier molecular flexibility index (Phi) is 4.49. The molecule has 3 nitrogen and oxygen atoms in total. The standard InChI is InChI=1S/C19H11ClF3N3S/c20-14-8-6-13(7-9-14)16-11-27-18(24-16)26-17(19(21,22)23)10-15(25-26)12-4-2-1-3-5-12/h1-11H. The van der Waals surface area contributed by atoms with Crippen LogP contribution in [0.5, 0.6) is 0 Å². The summed E-state index contributed by atoms with van der Waals surface area (Å²) >= 11 is 6.97. The summed E-state index contributed by atoms with van der Waals surface area (Å²) in [6.45, 7) is 0. The molecule has 0 saturated carbocycles. The second-order valence-corrected chi connectivity index (χ2v) is 6.99. The van der Waals surface area contributed by atoms with Crippen LogP contribution in [-0.2, 0) is 6.18 Å². The summed E-state index contributed by atoms with van der Waals surface area (Å²) in [6.07, 6.45) is -4.55. The van der Waals surface area contributed by atoms with Crippen molar-refractivity contribution in [2.45, 2.75) is 6.18 Å². The topological polar surface area (TPSA) is 30.7 Å². The van der Waals surface area contributed by atoms with Crippen LogP contribution in [0.3, 0.4) is 0 Å². The van der Waals surface area contributed by atoms with Gasteiger partial charge in [-0.1, -0.05) is 54.1 Å². The number of benzene rings is 2. The number of aromatic nitrogens is 3. The summed E-state index contributed by atoms with van der Waals surface area (Å²) < 4.78 is 41.5. The van der Waals surface area contributed by atoms with Gasteiger partial charge in [-0.2, -0.15) is 18.3 Å². The molecule has 4 rings (SSSR count). The Labute approximate surface area is 161 Å². The van der Waals surface area contributed by atoms with Gasteiger partial charge in [0.15, 0.2) is 5.69 Å². The number of thiazole rings is 1. The Bertz CT molecular complexity index is 1070. The van der Waals surface area contributed by atoms with Gasteiger partial charge < -0.3 is 0 Å². The maximum absolute atomic E-state index is 13.5. The second-order valence-electron chi connectivity index (χ2n) is 5.71. The van der Waals surface area contributed by atoms with Crippen molar-refractivity contribution in [1.82, 2.24) is 14.8 Å². The molecule has 0 fully saturated rings. The van der Waals surface area contributed by atoms with Crippen LogP contribution in [0.1, 0.15) is 5.69 Å². The second kappa shape index (κ2) is 6.83. The van der Waals surface area contributed by atoms with E-state index in [0.717, 1.165) is 27.6 Å². The minimum atomic E-state index is -4.55. The van der Waals surface area contributed by atoms with Crippen molar-refractivity contribution in [3.63, 3.8) is 0 Å². The van der Waals surface area contributed by atoms with Crippen molar-refractivity contribution in [1.29, 1.82) is 0 Å². The molecular formula is C19H11ClF3N3S. The van der Waals surface area contributed by atoms with E-state index in [2.05, 4.69) is 10.1 Å². The summed E-state index contributed by atoms with van der Waals surface area (Å²) in [4.78, 5) is 4.34. The van der Waals surface area contributed by atoms with Crippen molar-refractivity contribution in [3.05, 3.63) is 76.8 Å². The maximum atomic E-state index is 13.5. The highest BCUT2D eigenvalue weighted by Crippen LogP contribution is 2.35. The van der Waals surface area contributed by atoms with E-state index in [1.807, 2.05) is 0 Å². The van der Waals surface area contributed by atoms with Crippen LogP contribution in [0, 0.1) is 0 Å². The quantitative estimate of drug-likeness (QED) is 0.398. The molecule has 2 aromatic heterocycles. The lowest BCUT2D eigenvalue weighted by Gasteiger charge is -2.07. The molecule has 0 aliphatic rings. The predicted molar refractivity (Wildman–Crippen MR) is 100 cm³/mol. The summed E-state index contributed by atoms with van der Waals surface area (Å²) in [5, 5.41) is 6.58. The molecule has 0 aliphatic carbocycles. The molecule has 0 aliphatic heterocycles. The van der Waals surface area contributed by atoms with Crippen LogP contribution in [0.15, 0.2) is 66.0 Å². The van der Waals surface area contributed by atoms with E-state index in [-0.39, 0.29) is 10.8 Å². The first-order chi connectivity index (χ1) is 12.9. The first kappa shape index (κ1) is 17.8. The highest BCUT2D eigenvalue weighted by Gasteiger charge is 2.37. The fourth-order valence-corrected chi connectivity index (χ4v) is 3.52. The molecule has 0 spiro atoms. The van der Waals surface area contributed by atoms with E-state index in [1.165, 1.54) is 0 Å². The van der Waals surface area contributed by atoms with E-state index >= 15 is 0 Å². The molecule has 0 bridgehead atoms. The average molecular weight is 406 g/mol. The molecule has 136 valence electrons. The van der Waals surface area contributed by atoms with Gasteiger partial charge in [-0.15, -0.1) is 11.3 Å². The van der Waals surface area contributed by atoms with Gasteiger partial charge in [-0.05, 0) is 18.2 Å². The number of hydrogen-bond acceptors (Lipinski definition) is 3. The Morgan fingerprint density at radius 2 is 1.56 bits per heavy atom. The fourth-order valence-electron chi connectivity index (χ4n) is 2.59. The van der Waals surface area contributed by atoms with Crippen molar-refractivity contribution in [3.8, 4) is 27.6 Å². The molecule has 8 heteroatoms. The molecule has 2 heterocycles. The third-order valence-electron chi connectivity index (χ3n) is 3.88. The fraction of sp³-hybridized carbons (Fsp3) is 0.0526. The van der Waals surface area contributed by atoms with Crippen LogP contribution in [0.2, 0.25) is 5.02 Å². The van der Waals surface area contributed by atoms with E-state index in [1.54, 1.807) is 60.0 Å². The molecule has 0 radical (unpaired) electrons. The first-order valence-electron chi connectivity index (χ1n) is 7.86. The minimum absolute atomic E-state index is 0.148.